The van der Waals surface area contributed by atoms with Crippen LogP contribution in [0.15, 0.2) is 12.4 Å². The first-order valence-corrected chi connectivity index (χ1v) is 6.89. The van der Waals surface area contributed by atoms with E-state index in [0.29, 0.717) is 11.8 Å². The molecule has 1 heterocycles. The predicted molar refractivity (Wildman–Crippen MR) is 72.6 cm³/mol. The van der Waals surface area contributed by atoms with E-state index >= 15 is 0 Å². The molecule has 1 aliphatic rings. The highest BCUT2D eigenvalue weighted by Gasteiger charge is 2.19. The van der Waals surface area contributed by atoms with Gasteiger partial charge in [0.05, 0.1) is 6.10 Å². The minimum Gasteiger partial charge on any atom is -0.393 e. The molecule has 1 aromatic rings. The van der Waals surface area contributed by atoms with Crippen LogP contribution in [0.1, 0.15) is 51.1 Å². The Morgan fingerprint density at radius 3 is 2.94 bits per heavy atom. The maximum atomic E-state index is 9.64. The number of hydrogen-bond donors (Lipinski definition) is 2. The van der Waals surface area contributed by atoms with Crippen molar-refractivity contribution in [3.8, 4) is 0 Å². The van der Waals surface area contributed by atoms with Gasteiger partial charge in [0.15, 0.2) is 0 Å². The van der Waals surface area contributed by atoms with Crippen LogP contribution in [0.25, 0.3) is 0 Å². The van der Waals surface area contributed by atoms with Crippen LogP contribution in [-0.4, -0.2) is 27.7 Å². The van der Waals surface area contributed by atoms with Gasteiger partial charge in [-0.05, 0) is 31.1 Å². The van der Waals surface area contributed by atoms with Gasteiger partial charge in [-0.15, -0.1) is 0 Å². The van der Waals surface area contributed by atoms with Gasteiger partial charge in [-0.3, -0.25) is 0 Å². The average molecular weight is 249 g/mol. The molecule has 0 radical (unpaired) electrons. The van der Waals surface area contributed by atoms with Gasteiger partial charge in [0.1, 0.15) is 12.1 Å². The number of anilines is 1. The fourth-order valence-corrected chi connectivity index (χ4v) is 2.48. The standard InChI is InChI=1S/C14H23N3O/c1-10(2)13-7-14(17-9-16-13)15-8-11-4-3-5-12(18)6-11/h7,9-12,18H,3-6,8H2,1-2H3,(H,15,16,17). The van der Waals surface area contributed by atoms with E-state index in [1.165, 1.54) is 6.42 Å². The first kappa shape index (κ1) is 13.3. The smallest absolute Gasteiger partial charge is 0.129 e. The third kappa shape index (κ3) is 3.67. The SMILES string of the molecule is CC(C)c1cc(NCC2CCCC(O)C2)ncn1. The molecule has 1 fully saturated rings. The molecular weight excluding hydrogens is 226 g/mol. The Kier molecular flexibility index (Phi) is 4.53. The summed E-state index contributed by atoms with van der Waals surface area (Å²) >= 11 is 0. The van der Waals surface area contributed by atoms with Gasteiger partial charge in [0, 0.05) is 18.3 Å². The molecule has 2 rings (SSSR count). The Morgan fingerprint density at radius 2 is 2.22 bits per heavy atom. The first-order chi connectivity index (χ1) is 8.65. The monoisotopic (exact) mass is 249 g/mol. The van der Waals surface area contributed by atoms with Gasteiger partial charge in [0.25, 0.3) is 0 Å². The molecule has 2 N–H and O–H groups in total. The molecule has 0 spiro atoms. The van der Waals surface area contributed by atoms with E-state index in [1.54, 1.807) is 6.33 Å². The third-order valence-corrected chi connectivity index (χ3v) is 3.61. The molecule has 0 amide bonds. The number of aliphatic hydroxyl groups is 1. The van der Waals surface area contributed by atoms with Gasteiger partial charge >= 0.3 is 0 Å². The van der Waals surface area contributed by atoms with E-state index in [9.17, 15) is 5.11 Å². The summed E-state index contributed by atoms with van der Waals surface area (Å²) < 4.78 is 0. The fourth-order valence-electron chi connectivity index (χ4n) is 2.48. The predicted octanol–water partition coefficient (Wildman–Crippen LogP) is 2.56. The molecule has 4 nitrogen and oxygen atoms in total. The number of hydrogen-bond acceptors (Lipinski definition) is 4. The lowest BCUT2D eigenvalue weighted by atomic mass is 9.87. The van der Waals surface area contributed by atoms with Gasteiger partial charge in [-0.1, -0.05) is 20.3 Å². The summed E-state index contributed by atoms with van der Waals surface area (Å²) in [7, 11) is 0. The molecule has 2 atom stereocenters. The van der Waals surface area contributed by atoms with Crippen LogP contribution in [0.5, 0.6) is 0 Å². The lowest BCUT2D eigenvalue weighted by Crippen LogP contribution is -2.25. The van der Waals surface area contributed by atoms with Gasteiger partial charge in [0.2, 0.25) is 0 Å². The van der Waals surface area contributed by atoms with Gasteiger partial charge in [-0.2, -0.15) is 0 Å². The molecule has 0 bridgehead atoms. The van der Waals surface area contributed by atoms with Crippen LogP contribution >= 0.6 is 0 Å². The number of rotatable bonds is 4. The normalized spacial score (nSPS) is 24.2. The number of aromatic nitrogens is 2. The van der Waals surface area contributed by atoms with Crippen molar-refractivity contribution < 1.29 is 5.11 Å². The first-order valence-electron chi connectivity index (χ1n) is 6.89. The van der Waals surface area contributed by atoms with Crippen molar-refractivity contribution in [2.24, 2.45) is 5.92 Å². The molecular formula is C14H23N3O. The topological polar surface area (TPSA) is 58.0 Å². The Morgan fingerprint density at radius 1 is 1.39 bits per heavy atom. The molecule has 0 saturated heterocycles. The molecule has 2 unspecified atom stereocenters. The largest absolute Gasteiger partial charge is 0.393 e. The second kappa shape index (κ2) is 6.14. The molecule has 100 valence electrons. The second-order valence-corrected chi connectivity index (χ2v) is 5.55. The van der Waals surface area contributed by atoms with Crippen LogP contribution in [0.2, 0.25) is 0 Å². The Balaban J connectivity index is 1.87. The van der Waals surface area contributed by atoms with E-state index in [4.69, 9.17) is 0 Å². The number of aliphatic hydroxyl groups excluding tert-OH is 1. The van der Waals surface area contributed by atoms with E-state index in [1.807, 2.05) is 6.07 Å². The second-order valence-electron chi connectivity index (χ2n) is 5.55. The van der Waals surface area contributed by atoms with Crippen LogP contribution in [0.3, 0.4) is 0 Å². The highest BCUT2D eigenvalue weighted by atomic mass is 16.3. The maximum absolute atomic E-state index is 9.64. The zero-order valence-electron chi connectivity index (χ0n) is 11.3. The lowest BCUT2D eigenvalue weighted by Gasteiger charge is -2.26. The average Bonchev–Trinajstić information content (AvgIpc) is 2.37. The zero-order chi connectivity index (χ0) is 13.0. The van der Waals surface area contributed by atoms with Crippen molar-refractivity contribution in [2.75, 3.05) is 11.9 Å². The molecule has 18 heavy (non-hydrogen) atoms. The molecule has 0 aromatic carbocycles. The number of nitrogens with one attached hydrogen (secondary N) is 1. The maximum Gasteiger partial charge on any atom is 0.129 e. The van der Waals surface area contributed by atoms with E-state index < -0.39 is 0 Å². The molecule has 0 aliphatic heterocycles. The minimum absolute atomic E-state index is 0.109. The summed E-state index contributed by atoms with van der Waals surface area (Å²) in [4.78, 5) is 8.50. The highest BCUT2D eigenvalue weighted by molar-refractivity contribution is 5.35. The Labute approximate surface area is 109 Å². The summed E-state index contributed by atoms with van der Waals surface area (Å²) in [5.41, 5.74) is 1.07. The Bertz CT molecular complexity index is 381. The summed E-state index contributed by atoms with van der Waals surface area (Å²) in [6.07, 6.45) is 5.72. The lowest BCUT2D eigenvalue weighted by molar-refractivity contribution is 0.104. The molecule has 4 heteroatoms. The Hall–Kier alpha value is -1.16. The summed E-state index contributed by atoms with van der Waals surface area (Å²) in [5.74, 6) is 1.88. The summed E-state index contributed by atoms with van der Waals surface area (Å²) in [6, 6.07) is 2.02. The van der Waals surface area contributed by atoms with E-state index in [0.717, 1.165) is 37.3 Å². The highest BCUT2D eigenvalue weighted by Crippen LogP contribution is 2.24. The number of nitrogens with zero attached hydrogens (tertiary/aromatic N) is 2. The molecule has 1 aromatic heterocycles. The zero-order valence-corrected chi connectivity index (χ0v) is 11.3. The fraction of sp³-hybridized carbons (Fsp3) is 0.714. The van der Waals surface area contributed by atoms with Crippen LogP contribution in [0.4, 0.5) is 5.82 Å². The van der Waals surface area contributed by atoms with E-state index in [-0.39, 0.29) is 6.10 Å². The minimum atomic E-state index is -0.109. The van der Waals surface area contributed by atoms with Crippen molar-refractivity contribution in [1.29, 1.82) is 0 Å². The van der Waals surface area contributed by atoms with Crippen LogP contribution < -0.4 is 5.32 Å². The summed E-state index contributed by atoms with van der Waals surface area (Å²) in [6.45, 7) is 5.15. The van der Waals surface area contributed by atoms with E-state index in [2.05, 4.69) is 29.1 Å². The van der Waals surface area contributed by atoms with Crippen molar-refractivity contribution >= 4 is 5.82 Å². The molecule has 1 aliphatic carbocycles. The quantitative estimate of drug-likeness (QED) is 0.861. The van der Waals surface area contributed by atoms with Gasteiger partial charge < -0.3 is 10.4 Å². The van der Waals surface area contributed by atoms with Gasteiger partial charge in [-0.25, -0.2) is 9.97 Å². The third-order valence-electron chi connectivity index (χ3n) is 3.61. The van der Waals surface area contributed by atoms with Crippen molar-refractivity contribution in [3.05, 3.63) is 18.1 Å². The van der Waals surface area contributed by atoms with Crippen LogP contribution in [0, 0.1) is 5.92 Å². The van der Waals surface area contributed by atoms with Crippen LogP contribution in [-0.2, 0) is 0 Å². The molecule has 1 saturated carbocycles. The van der Waals surface area contributed by atoms with Crippen molar-refractivity contribution in [1.82, 2.24) is 9.97 Å². The van der Waals surface area contributed by atoms with Crippen molar-refractivity contribution in [2.45, 2.75) is 51.6 Å². The van der Waals surface area contributed by atoms with Crippen molar-refractivity contribution in [3.63, 3.8) is 0 Å². The summed E-state index contributed by atoms with van der Waals surface area (Å²) in [5, 5.41) is 13.0.